The van der Waals surface area contributed by atoms with Gasteiger partial charge in [-0.25, -0.2) is 0 Å². The summed E-state index contributed by atoms with van der Waals surface area (Å²) in [4.78, 5) is 0. The van der Waals surface area contributed by atoms with Crippen molar-refractivity contribution in [2.24, 2.45) is 0 Å². The first-order chi connectivity index (χ1) is 10.3. The molecule has 0 spiro atoms. The Bertz CT molecular complexity index is 900. The topological polar surface area (TPSA) is 0 Å². The third kappa shape index (κ3) is 1.45. The van der Waals surface area contributed by atoms with Crippen LogP contribution < -0.4 is 0 Å². The number of aryl methyl sites for hydroxylation is 1. The van der Waals surface area contributed by atoms with Crippen LogP contribution >= 0.6 is 0 Å². The van der Waals surface area contributed by atoms with E-state index >= 15 is 0 Å². The van der Waals surface area contributed by atoms with Crippen LogP contribution in [0.1, 0.15) is 27.8 Å². The standard InChI is InChI=1S/C21H16/c1-13-5-4-8-18-19(13)11-16-10-15-9-14-6-2-3-7-17(14)20(15)12-21(16)18/h2-8,10,12H,9,11H2,1H3. The van der Waals surface area contributed by atoms with Crippen LogP contribution in [0.5, 0.6) is 0 Å². The van der Waals surface area contributed by atoms with Gasteiger partial charge < -0.3 is 0 Å². The Morgan fingerprint density at radius 3 is 2.33 bits per heavy atom. The Kier molecular flexibility index (Phi) is 2.08. The molecular weight excluding hydrogens is 252 g/mol. The average Bonchev–Trinajstić information content (AvgIpc) is 3.04. The molecule has 0 atom stereocenters. The van der Waals surface area contributed by atoms with Crippen molar-refractivity contribution in [1.29, 1.82) is 0 Å². The lowest BCUT2D eigenvalue weighted by Crippen LogP contribution is -1.87. The smallest absolute Gasteiger partial charge is 0.00107 e. The second kappa shape index (κ2) is 3.85. The summed E-state index contributed by atoms with van der Waals surface area (Å²) < 4.78 is 0. The maximum Gasteiger partial charge on any atom is -0.00107 e. The average molecular weight is 268 g/mol. The summed E-state index contributed by atoms with van der Waals surface area (Å²) in [6.45, 7) is 2.23. The van der Waals surface area contributed by atoms with Gasteiger partial charge in [-0.2, -0.15) is 0 Å². The van der Waals surface area contributed by atoms with Crippen LogP contribution in [-0.4, -0.2) is 0 Å². The Hall–Kier alpha value is -2.34. The van der Waals surface area contributed by atoms with Crippen molar-refractivity contribution in [2.75, 3.05) is 0 Å². The van der Waals surface area contributed by atoms with E-state index in [4.69, 9.17) is 0 Å². The largest absolute Gasteiger partial charge is 0.0619 e. The van der Waals surface area contributed by atoms with E-state index in [2.05, 4.69) is 61.5 Å². The fourth-order valence-corrected chi connectivity index (χ4v) is 4.01. The molecule has 5 rings (SSSR count). The van der Waals surface area contributed by atoms with E-state index in [1.54, 1.807) is 0 Å². The minimum Gasteiger partial charge on any atom is -0.0619 e. The molecule has 0 saturated carbocycles. The van der Waals surface area contributed by atoms with E-state index in [1.807, 2.05) is 0 Å². The van der Waals surface area contributed by atoms with E-state index < -0.39 is 0 Å². The predicted molar refractivity (Wildman–Crippen MR) is 87.7 cm³/mol. The quantitative estimate of drug-likeness (QED) is 0.365. The van der Waals surface area contributed by atoms with Crippen LogP contribution in [0.25, 0.3) is 22.3 Å². The predicted octanol–water partition coefficient (Wildman–Crippen LogP) is 5.14. The lowest BCUT2D eigenvalue weighted by molar-refractivity contribution is 1.19. The van der Waals surface area contributed by atoms with Gasteiger partial charge in [-0.3, -0.25) is 0 Å². The molecule has 2 aliphatic carbocycles. The summed E-state index contributed by atoms with van der Waals surface area (Å²) in [7, 11) is 0. The van der Waals surface area contributed by atoms with E-state index in [-0.39, 0.29) is 0 Å². The molecule has 21 heavy (non-hydrogen) atoms. The molecule has 0 aromatic heterocycles. The summed E-state index contributed by atoms with van der Waals surface area (Å²) in [5.41, 5.74) is 13.2. The van der Waals surface area contributed by atoms with Gasteiger partial charge in [0, 0.05) is 0 Å². The number of rotatable bonds is 0. The summed E-state index contributed by atoms with van der Waals surface area (Å²) in [6.07, 6.45) is 2.19. The fourth-order valence-electron chi connectivity index (χ4n) is 4.01. The van der Waals surface area contributed by atoms with Crippen LogP contribution in [0.2, 0.25) is 0 Å². The number of benzene rings is 3. The molecule has 0 fully saturated rings. The number of hydrogen-bond donors (Lipinski definition) is 0. The molecular formula is C21H16. The van der Waals surface area contributed by atoms with Crippen molar-refractivity contribution in [3.05, 3.63) is 82.4 Å². The number of fused-ring (bicyclic) bond motifs is 6. The first-order valence-corrected chi connectivity index (χ1v) is 7.64. The molecule has 0 unspecified atom stereocenters. The molecule has 0 N–H and O–H groups in total. The normalized spacial score (nSPS) is 13.6. The van der Waals surface area contributed by atoms with Gasteiger partial charge in [-0.15, -0.1) is 0 Å². The van der Waals surface area contributed by atoms with Crippen molar-refractivity contribution >= 4 is 0 Å². The Labute approximate surface area is 125 Å². The van der Waals surface area contributed by atoms with Crippen molar-refractivity contribution in [1.82, 2.24) is 0 Å². The van der Waals surface area contributed by atoms with Crippen molar-refractivity contribution in [3.63, 3.8) is 0 Å². The summed E-state index contributed by atoms with van der Waals surface area (Å²) in [5, 5.41) is 0. The molecule has 0 bridgehead atoms. The second-order valence-electron chi connectivity index (χ2n) is 6.28. The maximum absolute atomic E-state index is 2.45. The van der Waals surface area contributed by atoms with Gasteiger partial charge >= 0.3 is 0 Å². The first kappa shape index (κ1) is 11.3. The number of hydrogen-bond acceptors (Lipinski definition) is 0. The minimum atomic E-state index is 1.09. The zero-order chi connectivity index (χ0) is 14.0. The van der Waals surface area contributed by atoms with Crippen LogP contribution in [0.4, 0.5) is 0 Å². The van der Waals surface area contributed by atoms with Gasteiger partial charge in [-0.1, -0.05) is 48.5 Å². The summed E-state index contributed by atoms with van der Waals surface area (Å²) in [6, 6.07) is 20.4. The molecule has 2 aliphatic rings. The molecule has 0 radical (unpaired) electrons. The Morgan fingerprint density at radius 2 is 1.38 bits per heavy atom. The van der Waals surface area contributed by atoms with Crippen molar-refractivity contribution in [3.8, 4) is 22.3 Å². The van der Waals surface area contributed by atoms with E-state index in [9.17, 15) is 0 Å². The van der Waals surface area contributed by atoms with Crippen LogP contribution in [0.3, 0.4) is 0 Å². The van der Waals surface area contributed by atoms with E-state index in [1.165, 1.54) is 50.1 Å². The molecule has 0 amide bonds. The van der Waals surface area contributed by atoms with Gasteiger partial charge in [-0.05, 0) is 75.9 Å². The van der Waals surface area contributed by atoms with Crippen LogP contribution in [-0.2, 0) is 12.8 Å². The summed E-state index contributed by atoms with van der Waals surface area (Å²) >= 11 is 0. The molecule has 0 heteroatoms. The van der Waals surface area contributed by atoms with Gasteiger partial charge in [0.1, 0.15) is 0 Å². The van der Waals surface area contributed by atoms with Crippen LogP contribution in [0.15, 0.2) is 54.6 Å². The molecule has 0 aliphatic heterocycles. The highest BCUT2D eigenvalue weighted by Gasteiger charge is 2.25. The van der Waals surface area contributed by atoms with Gasteiger partial charge in [0.25, 0.3) is 0 Å². The first-order valence-electron chi connectivity index (χ1n) is 7.64. The van der Waals surface area contributed by atoms with Crippen molar-refractivity contribution in [2.45, 2.75) is 19.8 Å². The molecule has 3 aromatic carbocycles. The zero-order valence-electron chi connectivity index (χ0n) is 12.1. The Balaban J connectivity index is 1.78. The second-order valence-corrected chi connectivity index (χ2v) is 6.28. The van der Waals surface area contributed by atoms with Crippen LogP contribution in [0, 0.1) is 6.92 Å². The lowest BCUT2D eigenvalue weighted by Gasteiger charge is -2.06. The molecule has 0 saturated heterocycles. The minimum absolute atomic E-state index is 1.09. The maximum atomic E-state index is 2.45. The highest BCUT2D eigenvalue weighted by atomic mass is 14.3. The molecule has 0 nitrogen and oxygen atoms in total. The van der Waals surface area contributed by atoms with Gasteiger partial charge in [0.15, 0.2) is 0 Å². The highest BCUT2D eigenvalue weighted by molar-refractivity contribution is 5.86. The lowest BCUT2D eigenvalue weighted by atomic mass is 9.97. The molecule has 100 valence electrons. The third-order valence-electron chi connectivity index (χ3n) is 5.09. The Morgan fingerprint density at radius 1 is 0.619 bits per heavy atom. The van der Waals surface area contributed by atoms with Gasteiger partial charge in [0.2, 0.25) is 0 Å². The summed E-state index contributed by atoms with van der Waals surface area (Å²) in [5.74, 6) is 0. The third-order valence-corrected chi connectivity index (χ3v) is 5.09. The van der Waals surface area contributed by atoms with Crippen molar-refractivity contribution < 1.29 is 0 Å². The van der Waals surface area contributed by atoms with E-state index in [0.29, 0.717) is 0 Å². The fraction of sp³-hybridized carbons (Fsp3) is 0.143. The SMILES string of the molecule is Cc1cccc2c1Cc1cc3c(cc1-2)-c1ccccc1C3. The molecule has 3 aromatic rings. The zero-order valence-corrected chi connectivity index (χ0v) is 12.1. The monoisotopic (exact) mass is 268 g/mol. The molecule has 0 heterocycles. The van der Waals surface area contributed by atoms with Gasteiger partial charge in [0.05, 0.1) is 0 Å². The van der Waals surface area contributed by atoms with E-state index in [0.717, 1.165) is 12.8 Å². The highest BCUT2D eigenvalue weighted by Crippen LogP contribution is 2.45.